The van der Waals surface area contributed by atoms with Gasteiger partial charge >= 0.3 is 6.03 Å². The number of ether oxygens (including phenoxy) is 2. The van der Waals surface area contributed by atoms with Crippen molar-refractivity contribution in [2.24, 2.45) is 5.92 Å². The lowest BCUT2D eigenvalue weighted by atomic mass is 9.83. The fraction of sp³-hybridized carbons (Fsp3) is 0.667. The zero-order valence-electron chi connectivity index (χ0n) is 17.6. The van der Waals surface area contributed by atoms with E-state index >= 15 is 0 Å². The summed E-state index contributed by atoms with van der Waals surface area (Å²) in [7, 11) is 3.34. The van der Waals surface area contributed by atoms with Crippen molar-refractivity contribution in [3.63, 3.8) is 0 Å². The Balaban J connectivity index is 2.43. The van der Waals surface area contributed by atoms with Crippen LogP contribution < -0.4 is 25.0 Å². The zero-order valence-corrected chi connectivity index (χ0v) is 17.6. The van der Waals surface area contributed by atoms with Crippen LogP contribution in [0.2, 0.25) is 0 Å². The van der Waals surface area contributed by atoms with E-state index in [9.17, 15) is 4.79 Å². The van der Waals surface area contributed by atoms with E-state index in [0.717, 1.165) is 37.4 Å². The van der Waals surface area contributed by atoms with E-state index in [-0.39, 0.29) is 18.1 Å². The number of quaternary nitrogens is 1. The first-order valence-corrected chi connectivity index (χ1v) is 10.1. The van der Waals surface area contributed by atoms with Gasteiger partial charge in [0.15, 0.2) is 11.5 Å². The molecular formula is C21H36N3O3+. The third-order valence-corrected chi connectivity index (χ3v) is 5.50. The van der Waals surface area contributed by atoms with Crippen molar-refractivity contribution in [2.45, 2.75) is 52.6 Å². The van der Waals surface area contributed by atoms with Crippen LogP contribution >= 0.6 is 0 Å². The lowest BCUT2D eigenvalue weighted by Gasteiger charge is -2.40. The number of urea groups is 1. The number of nitrogens with one attached hydrogen (secondary N) is 3. The molecule has 1 aliphatic rings. The summed E-state index contributed by atoms with van der Waals surface area (Å²) >= 11 is 0. The number of hydrogen-bond donors (Lipinski definition) is 3. The van der Waals surface area contributed by atoms with E-state index in [2.05, 4.69) is 50.5 Å². The molecule has 0 fully saturated rings. The highest BCUT2D eigenvalue weighted by Gasteiger charge is 2.39. The number of likely N-dealkylation sites (N-methyl/N-ethyl adjacent to an activating group) is 1. The van der Waals surface area contributed by atoms with Gasteiger partial charge in [0.1, 0.15) is 6.04 Å². The molecule has 2 rings (SSSR count). The predicted octanol–water partition coefficient (Wildman–Crippen LogP) is 1.94. The molecule has 6 nitrogen and oxygen atoms in total. The average molecular weight is 379 g/mol. The van der Waals surface area contributed by atoms with Crippen molar-refractivity contribution in [1.29, 1.82) is 0 Å². The minimum atomic E-state index is -0.0846. The fourth-order valence-electron chi connectivity index (χ4n) is 4.03. The van der Waals surface area contributed by atoms with Crippen molar-refractivity contribution >= 4 is 6.03 Å². The minimum Gasteiger partial charge on any atom is -0.493 e. The van der Waals surface area contributed by atoms with Crippen molar-refractivity contribution in [3.05, 3.63) is 23.3 Å². The summed E-state index contributed by atoms with van der Waals surface area (Å²) in [5.74, 6) is 1.82. The van der Waals surface area contributed by atoms with Crippen LogP contribution in [0.3, 0.4) is 0 Å². The molecule has 1 aromatic rings. The monoisotopic (exact) mass is 378 g/mol. The Kier molecular flexibility index (Phi) is 7.78. The van der Waals surface area contributed by atoms with Gasteiger partial charge < -0.3 is 25.0 Å². The fourth-order valence-corrected chi connectivity index (χ4v) is 4.03. The van der Waals surface area contributed by atoms with Gasteiger partial charge in [0, 0.05) is 18.5 Å². The van der Waals surface area contributed by atoms with Gasteiger partial charge in [0.05, 0.1) is 33.4 Å². The van der Waals surface area contributed by atoms with Gasteiger partial charge in [-0.1, -0.05) is 20.8 Å². The molecule has 0 bridgehead atoms. The van der Waals surface area contributed by atoms with Crippen LogP contribution in [-0.4, -0.2) is 45.9 Å². The highest BCUT2D eigenvalue weighted by molar-refractivity contribution is 5.74. The standard InChI is InChI=1S/C21H35N3O3/c1-7-10-22-21(25)23-19(14(3)4)20-16-13-18(27-6)17(26-5)12-15(16)9-11-24(20)8-2/h12-14,19-20H,7-11H2,1-6H3,(H2,22,23,25)/p+1/t19-,20+/m1/s1. The van der Waals surface area contributed by atoms with E-state index < -0.39 is 0 Å². The molecule has 27 heavy (non-hydrogen) atoms. The smallest absolute Gasteiger partial charge is 0.315 e. The predicted molar refractivity (Wildman–Crippen MR) is 108 cm³/mol. The van der Waals surface area contributed by atoms with E-state index in [4.69, 9.17) is 9.47 Å². The zero-order chi connectivity index (χ0) is 20.0. The SMILES string of the molecule is CCCNC(=O)N[C@H](C(C)C)[C@@H]1c2cc(OC)c(OC)cc2CC[NH+]1CC. The van der Waals surface area contributed by atoms with Gasteiger partial charge in [0.25, 0.3) is 0 Å². The lowest BCUT2D eigenvalue weighted by Crippen LogP contribution is -3.14. The summed E-state index contributed by atoms with van der Waals surface area (Å²) in [5, 5.41) is 6.20. The van der Waals surface area contributed by atoms with Gasteiger partial charge in [0.2, 0.25) is 0 Å². The molecule has 3 atom stereocenters. The molecule has 1 heterocycles. The van der Waals surface area contributed by atoms with Gasteiger partial charge in [-0.15, -0.1) is 0 Å². The number of fused-ring (bicyclic) bond motifs is 1. The Labute approximate surface area is 163 Å². The first-order valence-electron chi connectivity index (χ1n) is 10.1. The molecule has 1 aromatic carbocycles. The highest BCUT2D eigenvalue weighted by Crippen LogP contribution is 2.35. The Morgan fingerprint density at radius 3 is 2.44 bits per heavy atom. The van der Waals surface area contributed by atoms with Crippen LogP contribution in [0, 0.1) is 5.92 Å². The minimum absolute atomic E-state index is 0.0361. The number of amides is 2. The number of carbonyl (C=O) groups excluding carboxylic acids is 1. The van der Waals surface area contributed by atoms with Crippen LogP contribution in [0.25, 0.3) is 0 Å². The quantitative estimate of drug-likeness (QED) is 0.648. The van der Waals surface area contributed by atoms with Crippen molar-refractivity contribution in [3.8, 4) is 11.5 Å². The third kappa shape index (κ3) is 4.86. The Bertz CT molecular complexity index is 633. The Morgan fingerprint density at radius 2 is 1.89 bits per heavy atom. The maximum atomic E-state index is 12.4. The van der Waals surface area contributed by atoms with Gasteiger partial charge in [-0.3, -0.25) is 0 Å². The summed E-state index contributed by atoms with van der Waals surface area (Å²) in [4.78, 5) is 13.9. The van der Waals surface area contributed by atoms with E-state index in [0.29, 0.717) is 12.5 Å². The normalized spacial score (nSPS) is 20.0. The van der Waals surface area contributed by atoms with Crippen LogP contribution in [0.1, 0.15) is 51.3 Å². The Hall–Kier alpha value is -1.95. The molecule has 6 heteroatoms. The molecule has 2 amide bonds. The molecule has 0 saturated carbocycles. The van der Waals surface area contributed by atoms with Crippen molar-refractivity contribution in [1.82, 2.24) is 10.6 Å². The molecule has 0 radical (unpaired) electrons. The maximum Gasteiger partial charge on any atom is 0.315 e. The van der Waals surface area contributed by atoms with Crippen LogP contribution in [-0.2, 0) is 6.42 Å². The second-order valence-corrected chi connectivity index (χ2v) is 7.57. The molecule has 0 spiro atoms. The molecule has 0 aromatic heterocycles. The molecule has 1 aliphatic heterocycles. The largest absolute Gasteiger partial charge is 0.493 e. The Morgan fingerprint density at radius 1 is 1.22 bits per heavy atom. The summed E-state index contributed by atoms with van der Waals surface area (Å²) in [6, 6.07) is 4.34. The average Bonchev–Trinajstić information content (AvgIpc) is 2.68. The summed E-state index contributed by atoms with van der Waals surface area (Å²) in [6.07, 6.45) is 1.93. The second kappa shape index (κ2) is 9.83. The highest BCUT2D eigenvalue weighted by atomic mass is 16.5. The number of carbonyl (C=O) groups is 1. The third-order valence-electron chi connectivity index (χ3n) is 5.50. The number of hydrogen-bond acceptors (Lipinski definition) is 3. The van der Waals surface area contributed by atoms with E-state index in [1.165, 1.54) is 16.0 Å². The number of methoxy groups -OCH3 is 2. The van der Waals surface area contributed by atoms with E-state index in [1.807, 2.05) is 0 Å². The molecule has 1 unspecified atom stereocenters. The number of rotatable bonds is 8. The first-order chi connectivity index (χ1) is 13.0. The first kappa shape index (κ1) is 21.4. The van der Waals surface area contributed by atoms with Crippen LogP contribution in [0.15, 0.2) is 12.1 Å². The summed E-state index contributed by atoms with van der Waals surface area (Å²) < 4.78 is 11.1. The maximum absolute atomic E-state index is 12.4. The molecule has 0 aliphatic carbocycles. The van der Waals surface area contributed by atoms with Crippen molar-refractivity contribution in [2.75, 3.05) is 33.9 Å². The topological polar surface area (TPSA) is 64.0 Å². The van der Waals surface area contributed by atoms with Crippen molar-refractivity contribution < 1.29 is 19.2 Å². The van der Waals surface area contributed by atoms with Gasteiger partial charge in [-0.2, -0.15) is 0 Å². The second-order valence-electron chi connectivity index (χ2n) is 7.57. The molecular weight excluding hydrogens is 342 g/mol. The number of benzene rings is 1. The molecule has 0 saturated heterocycles. The van der Waals surface area contributed by atoms with E-state index in [1.54, 1.807) is 14.2 Å². The van der Waals surface area contributed by atoms with Crippen LogP contribution in [0.5, 0.6) is 11.5 Å². The summed E-state index contributed by atoms with van der Waals surface area (Å²) in [6.45, 7) is 11.4. The molecule has 152 valence electrons. The van der Waals surface area contributed by atoms with Gasteiger partial charge in [-0.25, -0.2) is 4.79 Å². The summed E-state index contributed by atoms with van der Waals surface area (Å²) in [5.41, 5.74) is 2.54. The molecule has 3 N–H and O–H groups in total. The lowest BCUT2D eigenvalue weighted by molar-refractivity contribution is -0.934. The van der Waals surface area contributed by atoms with Crippen LogP contribution in [0.4, 0.5) is 4.79 Å². The van der Waals surface area contributed by atoms with Gasteiger partial charge in [-0.05, 0) is 37.0 Å².